The Kier molecular flexibility index (Phi) is 5.56. The summed E-state index contributed by atoms with van der Waals surface area (Å²) in [5.41, 5.74) is 2.23. The molecule has 0 spiro atoms. The molecule has 1 amide bonds. The number of alkyl halides is 3. The third-order valence-corrected chi connectivity index (χ3v) is 5.07. The van der Waals surface area contributed by atoms with E-state index in [1.807, 2.05) is 30.3 Å². The zero-order valence-corrected chi connectivity index (χ0v) is 17.4. The van der Waals surface area contributed by atoms with E-state index in [2.05, 4.69) is 15.5 Å². The zero-order valence-electron chi connectivity index (χ0n) is 17.4. The quantitative estimate of drug-likeness (QED) is 0.482. The van der Waals surface area contributed by atoms with Crippen molar-refractivity contribution in [3.05, 3.63) is 89.4 Å². The minimum Gasteiger partial charge on any atom is -0.309 e. The van der Waals surface area contributed by atoms with E-state index < -0.39 is 11.7 Å². The molecule has 0 unspecified atom stereocenters. The Hall–Kier alpha value is -3.88. The second-order valence-electron chi connectivity index (χ2n) is 7.32. The minimum atomic E-state index is -4.45. The zero-order chi connectivity index (χ0) is 22.9. The maximum Gasteiger partial charge on any atom is 0.416 e. The Balaban J connectivity index is 1.52. The molecule has 4 aromatic rings. The number of aromatic nitrogens is 4. The smallest absolute Gasteiger partial charge is 0.309 e. The van der Waals surface area contributed by atoms with Crippen LogP contribution in [0.2, 0.25) is 0 Å². The van der Waals surface area contributed by atoms with Gasteiger partial charge in [-0.05, 0) is 44.2 Å². The van der Waals surface area contributed by atoms with E-state index in [-0.39, 0.29) is 18.0 Å². The first-order valence-corrected chi connectivity index (χ1v) is 9.86. The molecule has 9 heteroatoms. The van der Waals surface area contributed by atoms with Gasteiger partial charge in [-0.3, -0.25) is 4.79 Å². The molecule has 2 aromatic heterocycles. The van der Waals surface area contributed by atoms with Gasteiger partial charge in [0.1, 0.15) is 0 Å². The number of nitrogens with one attached hydrogen (secondary N) is 1. The van der Waals surface area contributed by atoms with Crippen LogP contribution in [-0.4, -0.2) is 25.5 Å². The highest BCUT2D eigenvalue weighted by molar-refractivity contribution is 5.91. The van der Waals surface area contributed by atoms with E-state index in [1.54, 1.807) is 36.9 Å². The summed E-state index contributed by atoms with van der Waals surface area (Å²) in [5, 5.41) is 11.5. The summed E-state index contributed by atoms with van der Waals surface area (Å²) < 4.78 is 42.3. The Morgan fingerprint density at radius 2 is 1.69 bits per heavy atom. The molecule has 0 atom stereocenters. The second-order valence-corrected chi connectivity index (χ2v) is 7.32. The van der Waals surface area contributed by atoms with Crippen LogP contribution >= 0.6 is 0 Å². The van der Waals surface area contributed by atoms with Crippen LogP contribution in [0.4, 0.5) is 19.0 Å². The number of anilines is 1. The molecule has 1 N–H and O–H groups in total. The molecule has 2 heterocycles. The number of hydrogen-bond donors (Lipinski definition) is 1. The predicted octanol–water partition coefficient (Wildman–Crippen LogP) is 4.87. The van der Waals surface area contributed by atoms with Crippen molar-refractivity contribution in [2.24, 2.45) is 0 Å². The molecule has 0 aliphatic carbocycles. The van der Waals surface area contributed by atoms with Gasteiger partial charge in [0.25, 0.3) is 0 Å². The molecule has 0 aliphatic heterocycles. The Bertz CT molecular complexity index is 1260. The minimum absolute atomic E-state index is 0.0226. The summed E-state index contributed by atoms with van der Waals surface area (Å²) in [4.78, 5) is 12.6. The summed E-state index contributed by atoms with van der Waals surface area (Å²) in [6.45, 7) is 3.46. The lowest BCUT2D eigenvalue weighted by atomic mass is 10.1. The van der Waals surface area contributed by atoms with Crippen molar-refractivity contribution >= 4 is 11.7 Å². The first kappa shape index (κ1) is 21.4. The van der Waals surface area contributed by atoms with Crippen molar-refractivity contribution in [3.63, 3.8) is 0 Å². The van der Waals surface area contributed by atoms with Crippen molar-refractivity contribution in [1.82, 2.24) is 19.6 Å². The Morgan fingerprint density at radius 1 is 0.969 bits per heavy atom. The maximum atomic E-state index is 13.1. The molecule has 4 rings (SSSR count). The third kappa shape index (κ3) is 4.41. The number of carbonyl (C=O) groups is 1. The highest BCUT2D eigenvalue weighted by atomic mass is 19.4. The number of carbonyl (C=O) groups excluding carboxylic acids is 1. The summed E-state index contributed by atoms with van der Waals surface area (Å²) in [7, 11) is 0. The van der Waals surface area contributed by atoms with Crippen molar-refractivity contribution in [2.45, 2.75) is 26.4 Å². The van der Waals surface area contributed by atoms with Crippen LogP contribution in [0, 0.1) is 13.8 Å². The Labute approximate surface area is 182 Å². The van der Waals surface area contributed by atoms with Gasteiger partial charge in [-0.25, -0.2) is 9.36 Å². The normalized spacial score (nSPS) is 11.5. The number of amides is 1. The number of halogens is 3. The topological polar surface area (TPSA) is 64.7 Å². The number of rotatable bonds is 5. The van der Waals surface area contributed by atoms with Gasteiger partial charge in [0.05, 0.1) is 29.1 Å². The summed E-state index contributed by atoms with van der Waals surface area (Å²) in [5.74, 6) is 0.109. The summed E-state index contributed by atoms with van der Waals surface area (Å²) in [6, 6.07) is 16.1. The first-order valence-electron chi connectivity index (χ1n) is 9.86. The molecule has 0 fully saturated rings. The molecule has 0 bridgehead atoms. The van der Waals surface area contributed by atoms with E-state index >= 15 is 0 Å². The SMILES string of the molecule is Cc1nn(-c2cccc(C(F)(F)F)c2)c(C)c1CC(=O)Nc1ccn(-c2ccccc2)n1. The average Bonchev–Trinajstić information content (AvgIpc) is 3.34. The van der Waals surface area contributed by atoms with Crippen molar-refractivity contribution in [2.75, 3.05) is 5.32 Å². The highest BCUT2D eigenvalue weighted by Gasteiger charge is 2.30. The molecule has 0 saturated carbocycles. The van der Waals surface area contributed by atoms with Crippen LogP contribution in [0.3, 0.4) is 0 Å². The maximum absolute atomic E-state index is 13.1. The number of aryl methyl sites for hydroxylation is 1. The lowest BCUT2D eigenvalue weighted by Gasteiger charge is -2.10. The fourth-order valence-corrected chi connectivity index (χ4v) is 3.46. The molecule has 32 heavy (non-hydrogen) atoms. The largest absolute Gasteiger partial charge is 0.416 e. The Morgan fingerprint density at radius 3 is 2.41 bits per heavy atom. The van der Waals surface area contributed by atoms with Gasteiger partial charge in [-0.15, -0.1) is 0 Å². The van der Waals surface area contributed by atoms with Crippen LogP contribution < -0.4 is 5.32 Å². The summed E-state index contributed by atoms with van der Waals surface area (Å²) in [6.07, 6.45) is -2.68. The van der Waals surface area contributed by atoms with E-state index in [4.69, 9.17) is 0 Å². The van der Waals surface area contributed by atoms with E-state index in [9.17, 15) is 18.0 Å². The molecule has 0 radical (unpaired) electrons. The van der Waals surface area contributed by atoms with E-state index in [0.717, 1.165) is 17.8 Å². The monoisotopic (exact) mass is 439 g/mol. The number of para-hydroxylation sites is 1. The van der Waals surface area contributed by atoms with Crippen molar-refractivity contribution in [3.8, 4) is 11.4 Å². The van der Waals surface area contributed by atoms with Gasteiger partial charge >= 0.3 is 6.18 Å². The van der Waals surface area contributed by atoms with Crippen LogP contribution in [0.5, 0.6) is 0 Å². The van der Waals surface area contributed by atoms with Gasteiger partial charge in [-0.1, -0.05) is 24.3 Å². The van der Waals surface area contributed by atoms with Crippen LogP contribution in [0.25, 0.3) is 11.4 Å². The van der Waals surface area contributed by atoms with E-state index in [1.165, 1.54) is 10.7 Å². The highest BCUT2D eigenvalue weighted by Crippen LogP contribution is 2.31. The number of nitrogens with zero attached hydrogens (tertiary/aromatic N) is 4. The fraction of sp³-hybridized carbons (Fsp3) is 0.174. The molecule has 0 aliphatic rings. The van der Waals surface area contributed by atoms with Crippen LogP contribution in [0.15, 0.2) is 66.9 Å². The van der Waals surface area contributed by atoms with E-state index in [0.29, 0.717) is 22.8 Å². The molecular weight excluding hydrogens is 419 g/mol. The van der Waals surface area contributed by atoms with Gasteiger partial charge in [0.2, 0.25) is 5.91 Å². The lowest BCUT2D eigenvalue weighted by molar-refractivity contribution is -0.137. The number of benzene rings is 2. The molecule has 6 nitrogen and oxygen atoms in total. The standard InChI is InChI=1S/C23H20F3N5O/c1-15-20(16(2)31(28-15)19-10-6-7-17(13-19)23(24,25)26)14-22(32)27-21-11-12-30(29-21)18-8-4-3-5-9-18/h3-13H,14H2,1-2H3,(H,27,29,32). The van der Waals surface area contributed by atoms with Gasteiger partial charge in [0.15, 0.2) is 5.82 Å². The first-order chi connectivity index (χ1) is 15.2. The lowest BCUT2D eigenvalue weighted by Crippen LogP contribution is -2.16. The third-order valence-electron chi connectivity index (χ3n) is 5.07. The molecule has 2 aromatic carbocycles. The fourth-order valence-electron chi connectivity index (χ4n) is 3.46. The molecule has 164 valence electrons. The molecule has 0 saturated heterocycles. The van der Waals surface area contributed by atoms with Gasteiger partial charge < -0.3 is 5.32 Å². The van der Waals surface area contributed by atoms with Gasteiger partial charge in [-0.2, -0.15) is 23.4 Å². The van der Waals surface area contributed by atoms with Crippen molar-refractivity contribution in [1.29, 1.82) is 0 Å². The number of hydrogen-bond acceptors (Lipinski definition) is 3. The summed E-state index contributed by atoms with van der Waals surface area (Å²) >= 11 is 0. The van der Waals surface area contributed by atoms with Crippen LogP contribution in [0.1, 0.15) is 22.5 Å². The second kappa shape index (κ2) is 8.33. The predicted molar refractivity (Wildman–Crippen MR) is 114 cm³/mol. The molecular formula is C23H20F3N5O. The van der Waals surface area contributed by atoms with Crippen LogP contribution in [-0.2, 0) is 17.4 Å². The van der Waals surface area contributed by atoms with Crippen molar-refractivity contribution < 1.29 is 18.0 Å². The van der Waals surface area contributed by atoms with Gasteiger partial charge in [0, 0.05) is 23.5 Å². The average molecular weight is 439 g/mol.